The third-order valence-electron chi connectivity index (χ3n) is 11.3. The van der Waals surface area contributed by atoms with Gasteiger partial charge >= 0.3 is 17.9 Å². The molecule has 69 heavy (non-hydrogen) atoms. The molecular weight excluding hydrogens is 853 g/mol. The number of unbranched alkanes of at least 4 members (excludes halogenated alkanes) is 19. The molecule has 1 atom stereocenters. The van der Waals surface area contributed by atoms with E-state index in [2.05, 4.69) is 87.6 Å². The van der Waals surface area contributed by atoms with E-state index in [-0.39, 0.29) is 44.0 Å². The fourth-order valence-electron chi connectivity index (χ4n) is 7.20. The highest BCUT2D eigenvalue weighted by Gasteiger charge is 2.19. The quantitative estimate of drug-likeness (QED) is 0.0199. The average Bonchev–Trinajstić information content (AvgIpc) is 3.35. The zero-order chi connectivity index (χ0) is 50.0. The van der Waals surface area contributed by atoms with Crippen molar-refractivity contribution in [1.82, 2.24) is 0 Å². The van der Waals surface area contributed by atoms with Crippen molar-refractivity contribution in [2.24, 2.45) is 0 Å². The molecule has 0 amide bonds. The van der Waals surface area contributed by atoms with Gasteiger partial charge in [0.2, 0.25) is 0 Å². The molecule has 0 saturated heterocycles. The highest BCUT2D eigenvalue weighted by molar-refractivity contribution is 5.71. The van der Waals surface area contributed by atoms with E-state index in [1.54, 1.807) is 0 Å². The molecule has 388 valence electrons. The summed E-state index contributed by atoms with van der Waals surface area (Å²) < 4.78 is 16.7. The van der Waals surface area contributed by atoms with Crippen molar-refractivity contribution in [3.8, 4) is 0 Å². The highest BCUT2D eigenvalue weighted by atomic mass is 16.6. The Morgan fingerprint density at radius 3 is 1.10 bits per heavy atom. The Kier molecular flexibility index (Phi) is 52.5. The van der Waals surface area contributed by atoms with Crippen LogP contribution in [-0.2, 0) is 28.6 Å². The second-order valence-corrected chi connectivity index (χ2v) is 17.9. The summed E-state index contributed by atoms with van der Waals surface area (Å²) in [4.78, 5) is 38.0. The maximum atomic E-state index is 12.8. The van der Waals surface area contributed by atoms with Crippen LogP contribution in [0, 0.1) is 0 Å². The van der Waals surface area contributed by atoms with Gasteiger partial charge in [0.1, 0.15) is 13.2 Å². The fraction of sp³-hybridized carbons (Fsp3) is 0.603. The van der Waals surface area contributed by atoms with E-state index >= 15 is 0 Å². The Balaban J connectivity index is 4.55. The molecule has 0 aromatic rings. The van der Waals surface area contributed by atoms with E-state index in [9.17, 15) is 14.4 Å². The Morgan fingerprint density at radius 2 is 0.667 bits per heavy atom. The summed E-state index contributed by atoms with van der Waals surface area (Å²) in [6.07, 6.45) is 79.0. The lowest BCUT2D eigenvalue weighted by molar-refractivity contribution is -0.166. The molecule has 0 aromatic carbocycles. The van der Waals surface area contributed by atoms with Crippen LogP contribution in [0.2, 0.25) is 0 Å². The van der Waals surface area contributed by atoms with Gasteiger partial charge in [-0.05, 0) is 70.6 Å². The van der Waals surface area contributed by atoms with Crippen LogP contribution in [0.5, 0.6) is 0 Å². The Morgan fingerprint density at radius 1 is 0.319 bits per heavy atom. The van der Waals surface area contributed by atoms with Crippen LogP contribution in [0.1, 0.15) is 226 Å². The van der Waals surface area contributed by atoms with Crippen LogP contribution in [0.15, 0.2) is 134 Å². The number of esters is 3. The molecule has 0 aromatic heterocycles. The number of allylic oxidation sites excluding steroid dienone is 22. The van der Waals surface area contributed by atoms with Crippen molar-refractivity contribution >= 4 is 17.9 Å². The van der Waals surface area contributed by atoms with Crippen molar-refractivity contribution in [2.45, 2.75) is 232 Å². The lowest BCUT2D eigenvalue weighted by Gasteiger charge is -2.18. The predicted octanol–water partition coefficient (Wildman–Crippen LogP) is 18.6. The molecular formula is C63H100O6. The first-order valence-electron chi connectivity index (χ1n) is 27.8. The van der Waals surface area contributed by atoms with Crippen molar-refractivity contribution in [3.05, 3.63) is 134 Å². The SMILES string of the molecule is CC/C=C/C=C/C=C/C=C/C=C/CCCC(=O)OCC(COC(=O)CC/C=C/C/C=C/C/C=C/C/C=C/C/C=C/C/C=C/CC)OC(=O)CCCCCCCCCCCCCCCCCCCCC. The van der Waals surface area contributed by atoms with Crippen molar-refractivity contribution in [3.63, 3.8) is 0 Å². The maximum Gasteiger partial charge on any atom is 0.306 e. The molecule has 0 N–H and O–H groups in total. The zero-order valence-electron chi connectivity index (χ0n) is 44.3. The van der Waals surface area contributed by atoms with Gasteiger partial charge in [-0.3, -0.25) is 14.4 Å². The van der Waals surface area contributed by atoms with Gasteiger partial charge in [0, 0.05) is 19.3 Å². The molecule has 0 radical (unpaired) electrons. The summed E-state index contributed by atoms with van der Waals surface area (Å²) in [5, 5.41) is 0. The molecule has 0 heterocycles. The van der Waals surface area contributed by atoms with Gasteiger partial charge in [-0.15, -0.1) is 0 Å². The summed E-state index contributed by atoms with van der Waals surface area (Å²) in [5.74, 6) is -1.10. The molecule has 0 spiro atoms. The minimum Gasteiger partial charge on any atom is -0.462 e. The van der Waals surface area contributed by atoms with Gasteiger partial charge < -0.3 is 14.2 Å². The molecule has 6 heteroatoms. The minimum atomic E-state index is -0.841. The normalized spacial score (nSPS) is 13.1. The van der Waals surface area contributed by atoms with Crippen molar-refractivity contribution in [1.29, 1.82) is 0 Å². The molecule has 1 unspecified atom stereocenters. The van der Waals surface area contributed by atoms with Crippen LogP contribution in [0.4, 0.5) is 0 Å². The smallest absolute Gasteiger partial charge is 0.306 e. The van der Waals surface area contributed by atoms with Gasteiger partial charge in [0.25, 0.3) is 0 Å². The van der Waals surface area contributed by atoms with E-state index in [1.165, 1.54) is 103 Å². The monoisotopic (exact) mass is 953 g/mol. The molecule has 0 saturated carbocycles. The lowest BCUT2D eigenvalue weighted by Crippen LogP contribution is -2.30. The van der Waals surface area contributed by atoms with Gasteiger partial charge in [0.05, 0.1) is 0 Å². The summed E-state index contributed by atoms with van der Waals surface area (Å²) in [6.45, 7) is 6.25. The predicted molar refractivity (Wildman–Crippen MR) is 297 cm³/mol. The Hall–Kier alpha value is -4.45. The van der Waals surface area contributed by atoms with E-state index in [0.29, 0.717) is 19.3 Å². The number of hydrogen-bond acceptors (Lipinski definition) is 6. The number of carbonyl (C=O) groups excluding carboxylic acids is 3. The second-order valence-electron chi connectivity index (χ2n) is 17.9. The molecule has 6 nitrogen and oxygen atoms in total. The summed E-state index contributed by atoms with van der Waals surface area (Å²) >= 11 is 0. The molecule has 0 aliphatic carbocycles. The number of hydrogen-bond donors (Lipinski definition) is 0. The summed E-state index contributed by atoms with van der Waals surface area (Å²) in [5.41, 5.74) is 0. The molecule has 0 aliphatic heterocycles. The van der Waals surface area contributed by atoms with E-state index in [4.69, 9.17) is 14.2 Å². The molecule has 0 rings (SSSR count). The van der Waals surface area contributed by atoms with Gasteiger partial charge in [-0.1, -0.05) is 270 Å². The fourth-order valence-corrected chi connectivity index (χ4v) is 7.20. The molecule has 0 bridgehead atoms. The lowest BCUT2D eigenvalue weighted by atomic mass is 10.0. The van der Waals surface area contributed by atoms with E-state index < -0.39 is 6.10 Å². The first-order chi connectivity index (χ1) is 34.0. The maximum absolute atomic E-state index is 12.8. The third kappa shape index (κ3) is 54.4. The number of carbonyl (C=O) groups is 3. The van der Waals surface area contributed by atoms with Crippen LogP contribution in [0.25, 0.3) is 0 Å². The van der Waals surface area contributed by atoms with Crippen LogP contribution < -0.4 is 0 Å². The van der Waals surface area contributed by atoms with Gasteiger partial charge in [-0.25, -0.2) is 0 Å². The molecule has 0 fully saturated rings. The van der Waals surface area contributed by atoms with Crippen LogP contribution >= 0.6 is 0 Å². The van der Waals surface area contributed by atoms with E-state index in [1.807, 2.05) is 66.8 Å². The highest BCUT2D eigenvalue weighted by Crippen LogP contribution is 2.15. The van der Waals surface area contributed by atoms with Gasteiger partial charge in [-0.2, -0.15) is 0 Å². The van der Waals surface area contributed by atoms with E-state index in [0.717, 1.165) is 70.6 Å². The Labute approximate surface area is 424 Å². The number of ether oxygens (including phenoxy) is 3. The van der Waals surface area contributed by atoms with Crippen LogP contribution in [0.3, 0.4) is 0 Å². The summed E-state index contributed by atoms with van der Waals surface area (Å²) in [7, 11) is 0. The van der Waals surface area contributed by atoms with Crippen LogP contribution in [-0.4, -0.2) is 37.2 Å². The van der Waals surface area contributed by atoms with Gasteiger partial charge in [0.15, 0.2) is 6.10 Å². The number of rotatable bonds is 48. The third-order valence-corrected chi connectivity index (χ3v) is 11.3. The standard InChI is InChI=1S/C63H100O6/c1-4-7-10-13-16-19-22-25-27-29-31-33-35-38-41-44-47-50-53-56-62(65)68-59-60(58-67-61(64)55-52-49-46-43-40-37-24-21-18-15-12-9-6-3)69-63(66)57-54-51-48-45-42-39-36-34-32-30-28-26-23-20-17-14-11-8-5-2/h7,9-10,12,15-16,18-19,21,24-25,27,31,33,37-38,40-41,43,46-47,50,60H,4-6,8,11,13-14,17,20,22-23,26,28-30,32,34-36,39,42,44-45,48-49,51-59H2,1-3H3/b10-7+,12-9+,18-15+,19-16+,24-21+,27-25+,33-31+,40-37+,41-38+,46-43+,50-47+. The largest absolute Gasteiger partial charge is 0.462 e. The Bertz CT molecular complexity index is 1510. The molecule has 0 aliphatic rings. The summed E-state index contributed by atoms with van der Waals surface area (Å²) in [6, 6.07) is 0. The topological polar surface area (TPSA) is 78.9 Å². The first-order valence-corrected chi connectivity index (χ1v) is 27.8. The second kappa shape index (κ2) is 56.1. The average molecular weight is 953 g/mol. The van der Waals surface area contributed by atoms with Crippen molar-refractivity contribution < 1.29 is 28.6 Å². The zero-order valence-corrected chi connectivity index (χ0v) is 44.3. The first kappa shape index (κ1) is 64.5. The van der Waals surface area contributed by atoms with Crippen molar-refractivity contribution in [2.75, 3.05) is 13.2 Å². The minimum absolute atomic E-state index is 0.141.